The van der Waals surface area contributed by atoms with E-state index in [1.54, 1.807) is 0 Å². The number of fused-ring (bicyclic) bond motifs is 1. The monoisotopic (exact) mass is 710 g/mol. The standard InChI is InChI=1S/C17H13ClF4NO6P.C16H36N/c1-28-14-5-3-10(18)7-12(14)16(19)11-4-2-9(17(20,21)22)6-13(11)23(15(16)24)8-29-30(25,26)27;1-5-9-13-17(14-10-6-2,15-11-7-3)16-12-8-4/h2-7H,8H2,1H3,(H2,25,26,27);5-16H2,1-4H3/q;+1/p-1/t16-;/m0./s1. The van der Waals surface area contributed by atoms with Crippen molar-refractivity contribution >= 4 is 31.0 Å². The lowest BCUT2D eigenvalue weighted by molar-refractivity contribution is -0.929. The van der Waals surface area contributed by atoms with Crippen LogP contribution in [0.3, 0.4) is 0 Å². The molecule has 1 unspecified atom stereocenters. The van der Waals surface area contributed by atoms with Crippen LogP contribution in [0.2, 0.25) is 5.02 Å². The van der Waals surface area contributed by atoms with E-state index < -0.39 is 54.7 Å². The van der Waals surface area contributed by atoms with Crippen LogP contribution < -0.4 is 14.5 Å². The molecule has 266 valence electrons. The van der Waals surface area contributed by atoms with Crippen molar-refractivity contribution in [3.8, 4) is 5.75 Å². The van der Waals surface area contributed by atoms with Gasteiger partial charge in [-0.25, -0.2) is 4.39 Å². The van der Waals surface area contributed by atoms with Crippen molar-refractivity contribution in [1.29, 1.82) is 0 Å². The summed E-state index contributed by atoms with van der Waals surface area (Å²) in [6, 6.07) is 5.48. The smallest absolute Gasteiger partial charge is 0.416 e. The Bertz CT molecular complexity index is 1320. The van der Waals surface area contributed by atoms with E-state index in [1.807, 2.05) is 0 Å². The van der Waals surface area contributed by atoms with Crippen LogP contribution in [0.15, 0.2) is 36.4 Å². The van der Waals surface area contributed by atoms with Crippen LogP contribution in [-0.2, 0) is 25.7 Å². The number of methoxy groups -OCH3 is 1. The molecule has 0 radical (unpaired) electrons. The number of phosphoric ester groups is 1. The van der Waals surface area contributed by atoms with E-state index in [1.165, 1.54) is 101 Å². The number of carbonyl (C=O) groups excluding carboxylic acids is 1. The molecule has 2 atom stereocenters. The first-order valence-electron chi connectivity index (χ1n) is 16.1. The highest BCUT2D eigenvalue weighted by Gasteiger charge is 2.55. The molecule has 1 aliphatic rings. The van der Waals surface area contributed by atoms with E-state index in [2.05, 4.69) is 32.2 Å². The molecular formula is C33H48ClF4N2O6P. The van der Waals surface area contributed by atoms with E-state index in [4.69, 9.17) is 21.2 Å². The SMILES string of the molecule is CCCC[N+](CCCC)(CCCC)CCCC.COc1ccc(Cl)cc1[C@]1(F)C(=O)N(COP(=O)([O-])O)c2cc(C(F)(F)F)ccc21. The molecule has 1 heterocycles. The Balaban J connectivity index is 0.000000387. The molecule has 8 nitrogen and oxygen atoms in total. The summed E-state index contributed by atoms with van der Waals surface area (Å²) >= 11 is 5.90. The van der Waals surface area contributed by atoms with Crippen molar-refractivity contribution in [2.24, 2.45) is 0 Å². The Labute approximate surface area is 280 Å². The maximum absolute atomic E-state index is 16.3. The number of halogens is 5. The zero-order valence-corrected chi connectivity index (χ0v) is 29.5. The first kappa shape index (κ1) is 41.0. The summed E-state index contributed by atoms with van der Waals surface area (Å²) in [5.41, 5.74) is -5.78. The summed E-state index contributed by atoms with van der Waals surface area (Å²) in [4.78, 5) is 33.0. The summed E-state index contributed by atoms with van der Waals surface area (Å²) in [6.45, 7) is 13.8. The summed E-state index contributed by atoms with van der Waals surface area (Å²) in [5, 5.41) is 0.0122. The predicted octanol–water partition coefficient (Wildman–Crippen LogP) is 8.37. The topological polar surface area (TPSA) is 99.1 Å². The van der Waals surface area contributed by atoms with Crippen molar-refractivity contribution < 1.29 is 50.5 Å². The van der Waals surface area contributed by atoms with E-state index >= 15 is 4.39 Å². The molecule has 0 aromatic heterocycles. The van der Waals surface area contributed by atoms with Gasteiger partial charge < -0.3 is 19.0 Å². The third kappa shape index (κ3) is 10.9. The van der Waals surface area contributed by atoms with Gasteiger partial charge in [-0.15, -0.1) is 0 Å². The van der Waals surface area contributed by atoms with Crippen LogP contribution in [0.5, 0.6) is 5.75 Å². The minimum atomic E-state index is -5.37. The van der Waals surface area contributed by atoms with Crippen LogP contribution in [0.25, 0.3) is 0 Å². The molecule has 3 rings (SSSR count). The van der Waals surface area contributed by atoms with Gasteiger partial charge >= 0.3 is 6.18 Å². The van der Waals surface area contributed by atoms with Gasteiger partial charge in [0.25, 0.3) is 13.7 Å². The van der Waals surface area contributed by atoms with Crippen molar-refractivity contribution in [3.63, 3.8) is 0 Å². The fraction of sp³-hybridized carbons (Fsp3) is 0.606. The summed E-state index contributed by atoms with van der Waals surface area (Å²) in [5.74, 6) is -1.58. The van der Waals surface area contributed by atoms with E-state index in [0.717, 1.165) is 12.1 Å². The van der Waals surface area contributed by atoms with Gasteiger partial charge in [0.15, 0.2) is 0 Å². The first-order valence-corrected chi connectivity index (χ1v) is 18.0. The molecule has 1 N–H and O–H groups in total. The second-order valence-electron chi connectivity index (χ2n) is 11.8. The number of rotatable bonds is 17. The lowest BCUT2D eigenvalue weighted by Gasteiger charge is -2.39. The van der Waals surface area contributed by atoms with E-state index in [-0.39, 0.29) is 10.8 Å². The number of hydrogen-bond donors (Lipinski definition) is 1. The Morgan fingerprint density at radius 3 is 1.85 bits per heavy atom. The molecule has 0 fully saturated rings. The van der Waals surface area contributed by atoms with Crippen LogP contribution in [0.4, 0.5) is 23.2 Å². The lowest BCUT2D eigenvalue weighted by Crippen LogP contribution is -2.50. The van der Waals surface area contributed by atoms with Crippen molar-refractivity contribution in [1.82, 2.24) is 0 Å². The minimum absolute atomic E-state index is 0.0122. The summed E-state index contributed by atoms with van der Waals surface area (Å²) in [7, 11) is -4.19. The number of phosphoric acid groups is 1. The quantitative estimate of drug-likeness (QED) is 0.101. The second kappa shape index (κ2) is 18.0. The summed E-state index contributed by atoms with van der Waals surface area (Å²) in [6.07, 6.45) is 6.23. The number of amides is 1. The fourth-order valence-electron chi connectivity index (χ4n) is 5.75. The van der Waals surface area contributed by atoms with Crippen LogP contribution >= 0.6 is 19.4 Å². The maximum Gasteiger partial charge on any atom is 0.416 e. The molecule has 0 bridgehead atoms. The molecule has 1 aliphatic heterocycles. The van der Waals surface area contributed by atoms with Crippen LogP contribution in [0, 0.1) is 0 Å². The highest BCUT2D eigenvalue weighted by molar-refractivity contribution is 7.44. The molecule has 1 amide bonds. The molecule has 2 aromatic rings. The second-order valence-corrected chi connectivity index (χ2v) is 13.5. The molecule has 47 heavy (non-hydrogen) atoms. The van der Waals surface area contributed by atoms with Gasteiger partial charge in [-0.1, -0.05) is 71.0 Å². The zero-order valence-electron chi connectivity index (χ0n) is 27.9. The number of quaternary nitrogens is 1. The van der Waals surface area contributed by atoms with Gasteiger partial charge in [0.1, 0.15) is 12.5 Å². The minimum Gasteiger partial charge on any atom is -0.756 e. The lowest BCUT2D eigenvalue weighted by atomic mass is 9.88. The normalized spacial score (nSPS) is 17.6. The molecule has 14 heteroatoms. The number of ether oxygens (including phenoxy) is 1. The fourth-order valence-corrected chi connectivity index (χ4v) is 6.18. The van der Waals surface area contributed by atoms with Gasteiger partial charge in [0, 0.05) is 16.1 Å². The Kier molecular flexibility index (Phi) is 15.7. The van der Waals surface area contributed by atoms with E-state index in [0.29, 0.717) is 17.0 Å². The number of nitrogens with zero attached hydrogens (tertiary/aromatic N) is 2. The molecule has 0 saturated heterocycles. The number of carbonyl (C=O) groups is 1. The summed E-state index contributed by atoms with van der Waals surface area (Å²) < 4.78 is 77.2. The predicted molar refractivity (Wildman–Crippen MR) is 174 cm³/mol. The number of anilines is 1. The van der Waals surface area contributed by atoms with E-state index in [9.17, 15) is 27.4 Å². The Morgan fingerprint density at radius 2 is 1.43 bits per heavy atom. The van der Waals surface area contributed by atoms with Gasteiger partial charge in [-0.05, 0) is 56.0 Å². The van der Waals surface area contributed by atoms with Crippen LogP contribution in [0.1, 0.15) is 95.8 Å². The number of benzene rings is 2. The first-order chi connectivity index (χ1) is 22.0. The highest BCUT2D eigenvalue weighted by Crippen LogP contribution is 2.52. The number of alkyl halides is 4. The number of unbranched alkanes of at least 4 members (excludes halogenated alkanes) is 4. The molecular weight excluding hydrogens is 663 g/mol. The van der Waals surface area contributed by atoms with Crippen molar-refractivity contribution in [2.45, 2.75) is 90.9 Å². The number of hydrogen-bond acceptors (Lipinski definition) is 5. The van der Waals surface area contributed by atoms with Gasteiger partial charge in [0.2, 0.25) is 5.67 Å². The molecule has 2 aromatic carbocycles. The van der Waals surface area contributed by atoms with Gasteiger partial charge in [0.05, 0.1) is 44.5 Å². The molecule has 0 spiro atoms. The van der Waals surface area contributed by atoms with Gasteiger partial charge in [-0.2, -0.15) is 13.2 Å². The highest BCUT2D eigenvalue weighted by atomic mass is 35.5. The molecule has 0 aliphatic carbocycles. The Hall–Kier alpha value is -2.21. The Morgan fingerprint density at radius 1 is 0.915 bits per heavy atom. The largest absolute Gasteiger partial charge is 0.756 e. The average molecular weight is 711 g/mol. The van der Waals surface area contributed by atoms with Crippen molar-refractivity contribution in [3.05, 3.63) is 58.1 Å². The zero-order chi connectivity index (χ0) is 35.5. The maximum atomic E-state index is 16.3. The van der Waals surface area contributed by atoms with Gasteiger partial charge in [-0.3, -0.25) is 18.8 Å². The molecule has 0 saturated carbocycles. The average Bonchev–Trinajstić information content (AvgIpc) is 3.24. The van der Waals surface area contributed by atoms with Crippen molar-refractivity contribution in [2.75, 3.05) is 44.9 Å². The van der Waals surface area contributed by atoms with Crippen LogP contribution in [-0.4, -0.2) is 55.3 Å². The third-order valence-electron chi connectivity index (χ3n) is 8.35. The third-order valence-corrected chi connectivity index (χ3v) is 9.03.